The molecule has 0 radical (unpaired) electrons. The summed E-state index contributed by atoms with van der Waals surface area (Å²) in [6.45, 7) is 2.22. The molecule has 0 spiro atoms. The van der Waals surface area contributed by atoms with E-state index in [2.05, 4.69) is 0 Å². The number of hydrogen-bond acceptors (Lipinski definition) is 4. The number of nitrogens with two attached hydrogens (primary N) is 1. The third-order valence-electron chi connectivity index (χ3n) is 2.86. The number of para-hydroxylation sites is 1. The smallest absolute Gasteiger partial charge is 0.258 e. The zero-order valence-electron chi connectivity index (χ0n) is 11.8. The van der Waals surface area contributed by atoms with E-state index in [9.17, 15) is 14.7 Å². The molecule has 2 amide bonds. The number of carbonyl (C=O) groups excluding carboxylic acids is 2. The summed E-state index contributed by atoms with van der Waals surface area (Å²) in [4.78, 5) is 24.8. The molecule has 1 aromatic rings. The number of primary amides is 1. The van der Waals surface area contributed by atoms with Crippen molar-refractivity contribution in [2.24, 2.45) is 5.73 Å². The molecule has 3 N–H and O–H groups in total. The minimum atomic E-state index is -0.586. The Morgan fingerprint density at radius 3 is 2.65 bits per heavy atom. The molecule has 20 heavy (non-hydrogen) atoms. The van der Waals surface area contributed by atoms with Crippen molar-refractivity contribution < 1.29 is 19.4 Å². The second kappa shape index (κ2) is 7.37. The van der Waals surface area contributed by atoms with Crippen molar-refractivity contribution in [3.8, 4) is 11.5 Å². The van der Waals surface area contributed by atoms with Crippen LogP contribution in [0.25, 0.3) is 0 Å². The number of aromatic hydroxyl groups is 1. The molecular weight excluding hydrogens is 260 g/mol. The Hall–Kier alpha value is -2.24. The Labute approximate surface area is 118 Å². The second-order valence-corrected chi connectivity index (χ2v) is 4.40. The average Bonchev–Trinajstić information content (AvgIpc) is 2.42. The van der Waals surface area contributed by atoms with Crippen LogP contribution >= 0.6 is 0 Å². The van der Waals surface area contributed by atoms with E-state index in [4.69, 9.17) is 10.5 Å². The highest BCUT2D eigenvalue weighted by molar-refractivity contribution is 5.99. The summed E-state index contributed by atoms with van der Waals surface area (Å²) in [6, 6.07) is 4.64. The monoisotopic (exact) mass is 280 g/mol. The summed E-state index contributed by atoms with van der Waals surface area (Å²) >= 11 is 0. The predicted molar refractivity (Wildman–Crippen MR) is 74.7 cm³/mol. The molecule has 0 fully saturated rings. The molecule has 0 aliphatic heterocycles. The van der Waals surface area contributed by atoms with Crippen LogP contribution in [0, 0.1) is 0 Å². The number of benzene rings is 1. The predicted octanol–water partition coefficient (Wildman–Crippen LogP) is 1.13. The van der Waals surface area contributed by atoms with E-state index in [-0.39, 0.29) is 23.6 Å². The molecular formula is C14H20N2O4. The summed E-state index contributed by atoms with van der Waals surface area (Å²) < 4.78 is 4.97. The first-order valence-corrected chi connectivity index (χ1v) is 6.44. The number of rotatable bonds is 7. The number of methoxy groups -OCH3 is 1. The second-order valence-electron chi connectivity index (χ2n) is 4.40. The Morgan fingerprint density at radius 1 is 1.40 bits per heavy atom. The van der Waals surface area contributed by atoms with Gasteiger partial charge in [0, 0.05) is 6.54 Å². The van der Waals surface area contributed by atoms with Gasteiger partial charge in [-0.1, -0.05) is 19.4 Å². The Balaban J connectivity index is 3.01. The highest BCUT2D eigenvalue weighted by Gasteiger charge is 2.21. The molecule has 6 heteroatoms. The minimum Gasteiger partial charge on any atom is -0.504 e. The van der Waals surface area contributed by atoms with Crippen LogP contribution in [0.5, 0.6) is 11.5 Å². The van der Waals surface area contributed by atoms with Crippen LogP contribution in [0.3, 0.4) is 0 Å². The molecule has 0 saturated heterocycles. The minimum absolute atomic E-state index is 0.0988. The van der Waals surface area contributed by atoms with Gasteiger partial charge >= 0.3 is 0 Å². The molecule has 1 rings (SSSR count). The molecule has 0 aliphatic rings. The molecule has 1 aromatic carbocycles. The van der Waals surface area contributed by atoms with Gasteiger partial charge in [0.1, 0.15) is 0 Å². The first-order chi connectivity index (χ1) is 9.51. The molecule has 0 aliphatic carbocycles. The Bertz CT molecular complexity index is 488. The fourth-order valence-electron chi connectivity index (χ4n) is 1.82. The fraction of sp³-hybridized carbons (Fsp3) is 0.429. The highest BCUT2D eigenvalue weighted by Crippen LogP contribution is 2.30. The van der Waals surface area contributed by atoms with Gasteiger partial charge in [0.25, 0.3) is 5.91 Å². The van der Waals surface area contributed by atoms with Crippen molar-refractivity contribution in [2.45, 2.75) is 19.8 Å². The van der Waals surface area contributed by atoms with Crippen molar-refractivity contribution in [2.75, 3.05) is 20.2 Å². The standard InChI is InChI=1S/C14H20N2O4/c1-3-4-8-16(9-12(15)17)14(19)10-6-5-7-11(20-2)13(10)18/h5-7,18H,3-4,8-9H2,1-2H3,(H2,15,17). The maximum Gasteiger partial charge on any atom is 0.258 e. The van der Waals surface area contributed by atoms with Crippen molar-refractivity contribution >= 4 is 11.8 Å². The number of phenols is 1. The largest absolute Gasteiger partial charge is 0.504 e. The van der Waals surface area contributed by atoms with Gasteiger partial charge in [0.05, 0.1) is 19.2 Å². The number of ether oxygens (including phenoxy) is 1. The number of hydrogen-bond donors (Lipinski definition) is 2. The lowest BCUT2D eigenvalue weighted by molar-refractivity contribution is -0.118. The van der Waals surface area contributed by atoms with Gasteiger partial charge in [-0.25, -0.2) is 0 Å². The van der Waals surface area contributed by atoms with Crippen LogP contribution in [0.2, 0.25) is 0 Å². The van der Waals surface area contributed by atoms with Crippen molar-refractivity contribution in [3.05, 3.63) is 23.8 Å². The number of phenolic OH excluding ortho intramolecular Hbond substituents is 1. The van der Waals surface area contributed by atoms with E-state index < -0.39 is 11.8 Å². The number of unbranched alkanes of at least 4 members (excludes halogenated alkanes) is 1. The molecule has 0 unspecified atom stereocenters. The van der Waals surface area contributed by atoms with E-state index in [0.717, 1.165) is 12.8 Å². The van der Waals surface area contributed by atoms with E-state index in [1.807, 2.05) is 6.92 Å². The first kappa shape index (κ1) is 15.8. The molecule has 110 valence electrons. The summed E-state index contributed by atoms with van der Waals surface area (Å²) in [5.74, 6) is -1.04. The van der Waals surface area contributed by atoms with Gasteiger partial charge < -0.3 is 20.5 Å². The number of amides is 2. The van der Waals surface area contributed by atoms with E-state index >= 15 is 0 Å². The SMILES string of the molecule is CCCCN(CC(N)=O)C(=O)c1cccc(OC)c1O. The molecule has 0 aromatic heterocycles. The summed E-state index contributed by atoms with van der Waals surface area (Å²) in [5, 5.41) is 9.98. The maximum absolute atomic E-state index is 12.4. The average molecular weight is 280 g/mol. The quantitative estimate of drug-likeness (QED) is 0.783. The molecule has 0 heterocycles. The van der Waals surface area contributed by atoms with Crippen molar-refractivity contribution in [3.63, 3.8) is 0 Å². The van der Waals surface area contributed by atoms with Crippen LogP contribution in [0.1, 0.15) is 30.1 Å². The van der Waals surface area contributed by atoms with Gasteiger partial charge in [0.2, 0.25) is 5.91 Å². The van der Waals surface area contributed by atoms with Gasteiger partial charge in [0.15, 0.2) is 11.5 Å². The van der Waals surface area contributed by atoms with E-state index in [0.29, 0.717) is 6.54 Å². The Morgan fingerprint density at radius 2 is 2.10 bits per heavy atom. The zero-order valence-corrected chi connectivity index (χ0v) is 11.8. The fourth-order valence-corrected chi connectivity index (χ4v) is 1.82. The van der Waals surface area contributed by atoms with Crippen molar-refractivity contribution in [1.82, 2.24) is 4.90 Å². The lowest BCUT2D eigenvalue weighted by atomic mass is 10.1. The normalized spacial score (nSPS) is 10.1. The third-order valence-corrected chi connectivity index (χ3v) is 2.86. The third kappa shape index (κ3) is 3.88. The van der Waals surface area contributed by atoms with Gasteiger partial charge in [-0.3, -0.25) is 9.59 Å². The van der Waals surface area contributed by atoms with Gasteiger partial charge in [-0.15, -0.1) is 0 Å². The van der Waals surface area contributed by atoms with Crippen LogP contribution in [-0.2, 0) is 4.79 Å². The zero-order chi connectivity index (χ0) is 15.1. The lowest BCUT2D eigenvalue weighted by Gasteiger charge is -2.21. The van der Waals surface area contributed by atoms with Gasteiger partial charge in [-0.2, -0.15) is 0 Å². The highest BCUT2D eigenvalue weighted by atomic mass is 16.5. The summed E-state index contributed by atoms with van der Waals surface area (Å²) in [6.07, 6.45) is 1.64. The number of carbonyl (C=O) groups is 2. The topological polar surface area (TPSA) is 92.9 Å². The van der Waals surface area contributed by atoms with E-state index in [1.54, 1.807) is 12.1 Å². The maximum atomic E-state index is 12.4. The lowest BCUT2D eigenvalue weighted by Crippen LogP contribution is -2.39. The summed E-state index contributed by atoms with van der Waals surface area (Å²) in [7, 11) is 1.40. The number of nitrogens with zero attached hydrogens (tertiary/aromatic N) is 1. The molecule has 0 atom stereocenters. The van der Waals surface area contributed by atoms with Crippen LogP contribution in [0.15, 0.2) is 18.2 Å². The van der Waals surface area contributed by atoms with Gasteiger partial charge in [-0.05, 0) is 18.6 Å². The van der Waals surface area contributed by atoms with Crippen LogP contribution < -0.4 is 10.5 Å². The molecule has 0 saturated carbocycles. The van der Waals surface area contributed by atoms with Crippen LogP contribution in [0.4, 0.5) is 0 Å². The first-order valence-electron chi connectivity index (χ1n) is 6.44. The van der Waals surface area contributed by atoms with Crippen LogP contribution in [-0.4, -0.2) is 42.0 Å². The summed E-state index contributed by atoms with van der Waals surface area (Å²) in [5.41, 5.74) is 5.25. The van der Waals surface area contributed by atoms with Crippen molar-refractivity contribution in [1.29, 1.82) is 0 Å². The Kier molecular flexibility index (Phi) is 5.83. The molecule has 0 bridgehead atoms. The molecule has 6 nitrogen and oxygen atoms in total. The van der Waals surface area contributed by atoms with E-state index in [1.165, 1.54) is 18.1 Å².